The van der Waals surface area contributed by atoms with Crippen LogP contribution < -0.4 is 0 Å². The molecule has 0 radical (unpaired) electrons. The molecule has 0 saturated carbocycles. The summed E-state index contributed by atoms with van der Waals surface area (Å²) < 4.78 is 13.1. The summed E-state index contributed by atoms with van der Waals surface area (Å²) >= 11 is 0. The number of hydrogen-bond acceptors (Lipinski definition) is 2. The summed E-state index contributed by atoms with van der Waals surface area (Å²) in [5.74, 6) is 0.492. The van der Waals surface area contributed by atoms with E-state index in [1.165, 1.54) is 18.2 Å². The van der Waals surface area contributed by atoms with Crippen molar-refractivity contribution in [1.29, 1.82) is 0 Å². The Hall–Kier alpha value is -1.09. The van der Waals surface area contributed by atoms with E-state index in [4.69, 9.17) is 0 Å². The second-order valence-corrected chi connectivity index (χ2v) is 5.17. The smallest absolute Gasteiger partial charge is 0.123 e. The molecule has 17 heavy (non-hydrogen) atoms. The van der Waals surface area contributed by atoms with Crippen molar-refractivity contribution < 1.29 is 9.50 Å². The van der Waals surface area contributed by atoms with Crippen molar-refractivity contribution in [3.8, 4) is 5.75 Å². The number of phenolic OH excluding ortho intramolecular Hbond substituents is 1. The second kappa shape index (κ2) is 6.01. The van der Waals surface area contributed by atoms with Gasteiger partial charge in [-0.1, -0.05) is 13.8 Å². The van der Waals surface area contributed by atoms with Gasteiger partial charge in [0.05, 0.1) is 0 Å². The second-order valence-electron chi connectivity index (χ2n) is 5.17. The molecule has 0 spiro atoms. The van der Waals surface area contributed by atoms with E-state index < -0.39 is 0 Å². The molecule has 0 fully saturated rings. The van der Waals surface area contributed by atoms with Gasteiger partial charge in [-0.15, -0.1) is 0 Å². The van der Waals surface area contributed by atoms with Crippen LogP contribution in [0, 0.1) is 11.7 Å². The third-order valence-electron chi connectivity index (χ3n) is 3.03. The van der Waals surface area contributed by atoms with Crippen LogP contribution in [0.15, 0.2) is 18.2 Å². The fraction of sp³-hybridized carbons (Fsp3) is 0.571. The summed E-state index contributed by atoms with van der Waals surface area (Å²) in [7, 11) is 2.00. The summed E-state index contributed by atoms with van der Waals surface area (Å²) in [6.07, 6.45) is 1.09. The van der Waals surface area contributed by atoms with Crippen LogP contribution in [-0.2, 0) is 6.54 Å². The molecule has 1 aromatic carbocycles. The lowest BCUT2D eigenvalue weighted by Gasteiger charge is -2.26. The van der Waals surface area contributed by atoms with Crippen LogP contribution in [0.3, 0.4) is 0 Å². The molecule has 1 rings (SSSR count). The molecule has 3 heteroatoms. The van der Waals surface area contributed by atoms with E-state index in [1.807, 2.05) is 7.05 Å². The molecule has 0 heterocycles. The molecule has 0 saturated heterocycles. The molecule has 96 valence electrons. The van der Waals surface area contributed by atoms with Crippen LogP contribution in [0.1, 0.15) is 32.8 Å². The third-order valence-corrected chi connectivity index (χ3v) is 3.03. The first kappa shape index (κ1) is 14.0. The highest BCUT2D eigenvalue weighted by Crippen LogP contribution is 2.21. The van der Waals surface area contributed by atoms with Crippen LogP contribution in [-0.4, -0.2) is 23.1 Å². The molecule has 0 amide bonds. The molecule has 2 nitrogen and oxygen atoms in total. The van der Waals surface area contributed by atoms with Gasteiger partial charge < -0.3 is 5.11 Å². The summed E-state index contributed by atoms with van der Waals surface area (Å²) in [6, 6.07) is 4.49. The van der Waals surface area contributed by atoms with Crippen molar-refractivity contribution in [3.63, 3.8) is 0 Å². The Morgan fingerprint density at radius 3 is 2.53 bits per heavy atom. The van der Waals surface area contributed by atoms with Crippen LogP contribution in [0.25, 0.3) is 0 Å². The Kier molecular flexibility index (Phi) is 4.94. The average Bonchev–Trinajstić information content (AvgIpc) is 2.22. The fourth-order valence-corrected chi connectivity index (χ4v) is 1.97. The van der Waals surface area contributed by atoms with Crippen LogP contribution in [0.4, 0.5) is 4.39 Å². The van der Waals surface area contributed by atoms with E-state index in [-0.39, 0.29) is 11.6 Å². The van der Waals surface area contributed by atoms with Crippen LogP contribution >= 0.6 is 0 Å². The third kappa shape index (κ3) is 4.35. The summed E-state index contributed by atoms with van der Waals surface area (Å²) in [4.78, 5) is 2.13. The van der Waals surface area contributed by atoms with Crippen molar-refractivity contribution in [2.75, 3.05) is 7.05 Å². The number of halogens is 1. The maximum Gasteiger partial charge on any atom is 0.123 e. The molecular weight excluding hydrogens is 217 g/mol. The number of phenols is 1. The highest BCUT2D eigenvalue weighted by molar-refractivity contribution is 5.32. The Bertz CT molecular complexity index is 365. The quantitative estimate of drug-likeness (QED) is 0.851. The van der Waals surface area contributed by atoms with Gasteiger partial charge in [-0.2, -0.15) is 0 Å². The summed E-state index contributed by atoms with van der Waals surface area (Å²) in [5, 5.41) is 9.65. The maximum absolute atomic E-state index is 13.1. The maximum atomic E-state index is 13.1. The minimum absolute atomic E-state index is 0.162. The predicted octanol–water partition coefficient (Wildman–Crippen LogP) is 3.40. The lowest BCUT2D eigenvalue weighted by atomic mass is 10.0. The predicted molar refractivity (Wildman–Crippen MR) is 68.4 cm³/mol. The van der Waals surface area contributed by atoms with Gasteiger partial charge in [0.25, 0.3) is 0 Å². The molecule has 1 unspecified atom stereocenters. The minimum atomic E-state index is -0.303. The molecule has 1 atom stereocenters. The van der Waals surface area contributed by atoms with Gasteiger partial charge in [0, 0.05) is 18.2 Å². The molecule has 0 bridgehead atoms. The average molecular weight is 239 g/mol. The van der Waals surface area contributed by atoms with Crippen molar-refractivity contribution in [3.05, 3.63) is 29.6 Å². The first-order valence-electron chi connectivity index (χ1n) is 6.07. The minimum Gasteiger partial charge on any atom is -0.508 e. The summed E-state index contributed by atoms with van der Waals surface area (Å²) in [5.41, 5.74) is 0.642. The molecule has 1 N–H and O–H groups in total. The van der Waals surface area contributed by atoms with Crippen molar-refractivity contribution in [2.45, 2.75) is 39.8 Å². The summed E-state index contributed by atoms with van der Waals surface area (Å²) in [6.45, 7) is 7.09. The number of rotatable bonds is 5. The standard InChI is InChI=1S/C14H22FNO/c1-10(2)7-11(3)16(4)9-12-8-13(15)5-6-14(12)17/h5-6,8,10-11,17H,7,9H2,1-4H3. The Balaban J connectivity index is 2.67. The van der Waals surface area contributed by atoms with E-state index in [9.17, 15) is 9.50 Å². The number of nitrogens with zero attached hydrogens (tertiary/aromatic N) is 1. The van der Waals surface area contributed by atoms with Crippen molar-refractivity contribution >= 4 is 0 Å². The molecule has 0 aliphatic heterocycles. The number of hydrogen-bond donors (Lipinski definition) is 1. The van der Waals surface area contributed by atoms with Gasteiger partial charge in [0.2, 0.25) is 0 Å². The van der Waals surface area contributed by atoms with Gasteiger partial charge in [-0.05, 0) is 44.5 Å². The zero-order valence-electron chi connectivity index (χ0n) is 11.1. The van der Waals surface area contributed by atoms with E-state index in [1.54, 1.807) is 0 Å². The molecule has 1 aromatic rings. The van der Waals surface area contributed by atoms with Crippen molar-refractivity contribution in [2.24, 2.45) is 5.92 Å². The lowest BCUT2D eigenvalue weighted by Crippen LogP contribution is -2.29. The topological polar surface area (TPSA) is 23.5 Å². The number of aromatic hydroxyl groups is 1. The molecule has 0 aliphatic rings. The van der Waals surface area contributed by atoms with Gasteiger partial charge in [0.1, 0.15) is 11.6 Å². The Labute approximate surface area is 103 Å². The van der Waals surface area contributed by atoms with Gasteiger partial charge >= 0.3 is 0 Å². The normalized spacial score (nSPS) is 13.4. The largest absolute Gasteiger partial charge is 0.508 e. The zero-order chi connectivity index (χ0) is 13.0. The van der Waals surface area contributed by atoms with Gasteiger partial charge in [-0.25, -0.2) is 4.39 Å². The Morgan fingerprint density at radius 1 is 1.29 bits per heavy atom. The van der Waals surface area contributed by atoms with E-state index >= 15 is 0 Å². The highest BCUT2D eigenvalue weighted by Gasteiger charge is 2.13. The Morgan fingerprint density at radius 2 is 1.94 bits per heavy atom. The lowest BCUT2D eigenvalue weighted by molar-refractivity contribution is 0.218. The van der Waals surface area contributed by atoms with Gasteiger partial charge in [-0.3, -0.25) is 4.90 Å². The fourth-order valence-electron chi connectivity index (χ4n) is 1.97. The molecule has 0 aliphatic carbocycles. The molecule has 0 aromatic heterocycles. The molecular formula is C14H22FNO. The van der Waals surface area contributed by atoms with E-state index in [0.717, 1.165) is 6.42 Å². The van der Waals surface area contributed by atoms with Crippen LogP contribution in [0.5, 0.6) is 5.75 Å². The first-order chi connectivity index (χ1) is 7.90. The number of benzene rings is 1. The SMILES string of the molecule is CC(C)CC(C)N(C)Cc1cc(F)ccc1O. The van der Waals surface area contributed by atoms with E-state index in [2.05, 4.69) is 25.7 Å². The van der Waals surface area contributed by atoms with Crippen molar-refractivity contribution in [1.82, 2.24) is 4.90 Å². The monoisotopic (exact) mass is 239 g/mol. The van der Waals surface area contributed by atoms with Gasteiger partial charge in [0.15, 0.2) is 0 Å². The van der Waals surface area contributed by atoms with Crippen LogP contribution in [0.2, 0.25) is 0 Å². The van der Waals surface area contributed by atoms with E-state index in [0.29, 0.717) is 24.1 Å². The first-order valence-corrected chi connectivity index (χ1v) is 6.07. The highest BCUT2D eigenvalue weighted by atomic mass is 19.1. The zero-order valence-corrected chi connectivity index (χ0v) is 11.1.